The van der Waals surface area contributed by atoms with E-state index in [4.69, 9.17) is 11.6 Å². The van der Waals surface area contributed by atoms with Gasteiger partial charge in [-0.05, 0) is 55.5 Å². The fourth-order valence-electron chi connectivity index (χ4n) is 2.99. The van der Waals surface area contributed by atoms with E-state index in [1.807, 2.05) is 18.2 Å². The van der Waals surface area contributed by atoms with Crippen molar-refractivity contribution in [3.63, 3.8) is 0 Å². The molecule has 0 aliphatic rings. The van der Waals surface area contributed by atoms with Crippen LogP contribution in [0, 0.1) is 0 Å². The van der Waals surface area contributed by atoms with Crippen molar-refractivity contribution >= 4 is 45.9 Å². The minimum Gasteiger partial charge on any atom is -0.272 e. The summed E-state index contributed by atoms with van der Waals surface area (Å²) in [7, 11) is 0. The molecule has 0 aliphatic heterocycles. The van der Waals surface area contributed by atoms with E-state index in [9.17, 15) is 9.59 Å². The highest BCUT2D eigenvalue weighted by Crippen LogP contribution is 2.22. The van der Waals surface area contributed by atoms with Crippen molar-refractivity contribution in [1.29, 1.82) is 0 Å². The van der Waals surface area contributed by atoms with Crippen molar-refractivity contribution in [2.24, 2.45) is 5.10 Å². The lowest BCUT2D eigenvalue weighted by Crippen LogP contribution is -2.24. The molecule has 0 spiro atoms. The van der Waals surface area contributed by atoms with E-state index >= 15 is 0 Å². The molecule has 4 rings (SSSR count). The van der Waals surface area contributed by atoms with Crippen molar-refractivity contribution in [2.45, 2.75) is 12.1 Å². The van der Waals surface area contributed by atoms with Crippen molar-refractivity contribution in [3.8, 4) is 5.69 Å². The van der Waals surface area contributed by atoms with Gasteiger partial charge < -0.3 is 0 Å². The summed E-state index contributed by atoms with van der Waals surface area (Å²) in [6, 6.07) is 17.6. The topological polar surface area (TPSA) is 89.2 Å². The lowest BCUT2D eigenvalue weighted by atomic mass is 10.2. The van der Waals surface area contributed by atoms with Crippen LogP contribution in [0.1, 0.15) is 12.5 Å². The summed E-state index contributed by atoms with van der Waals surface area (Å²) in [5, 5.41) is 5.60. The van der Waals surface area contributed by atoms with Gasteiger partial charge in [0.05, 0.1) is 28.1 Å². The smallest absolute Gasteiger partial charge is 0.266 e. The molecular formula is C23H18ClN5O2S. The molecule has 0 fully saturated rings. The minimum atomic E-state index is -0.312. The van der Waals surface area contributed by atoms with Crippen LogP contribution in [0.5, 0.6) is 0 Å². The van der Waals surface area contributed by atoms with E-state index in [2.05, 4.69) is 20.5 Å². The number of pyridine rings is 1. The van der Waals surface area contributed by atoms with E-state index in [1.54, 1.807) is 61.8 Å². The molecule has 32 heavy (non-hydrogen) atoms. The number of para-hydroxylation sites is 1. The number of amides is 1. The summed E-state index contributed by atoms with van der Waals surface area (Å²) in [4.78, 5) is 34.2. The fourth-order valence-corrected chi connectivity index (χ4v) is 3.92. The molecule has 0 saturated carbocycles. The second-order valence-electron chi connectivity index (χ2n) is 6.79. The third kappa shape index (κ3) is 4.87. The summed E-state index contributed by atoms with van der Waals surface area (Å²) >= 11 is 7.16. The van der Waals surface area contributed by atoms with E-state index < -0.39 is 0 Å². The molecule has 4 aromatic rings. The monoisotopic (exact) mass is 463 g/mol. The number of hydrazone groups is 1. The number of thioether (sulfide) groups is 1. The molecule has 0 saturated heterocycles. The highest BCUT2D eigenvalue weighted by molar-refractivity contribution is 7.99. The van der Waals surface area contributed by atoms with Gasteiger partial charge >= 0.3 is 0 Å². The van der Waals surface area contributed by atoms with Gasteiger partial charge in [0.25, 0.3) is 11.5 Å². The van der Waals surface area contributed by atoms with Gasteiger partial charge in [-0.25, -0.2) is 10.4 Å². The number of halogens is 1. The van der Waals surface area contributed by atoms with E-state index in [-0.39, 0.29) is 17.2 Å². The normalized spacial score (nSPS) is 11.5. The number of benzene rings is 2. The van der Waals surface area contributed by atoms with Crippen LogP contribution in [0.25, 0.3) is 16.6 Å². The fraction of sp³-hybridized carbons (Fsp3) is 0.0870. The zero-order valence-electron chi connectivity index (χ0n) is 17.0. The predicted octanol–water partition coefficient (Wildman–Crippen LogP) is 4.07. The van der Waals surface area contributed by atoms with Gasteiger partial charge in [-0.1, -0.05) is 35.5 Å². The van der Waals surface area contributed by atoms with Crippen LogP contribution >= 0.6 is 23.4 Å². The average molecular weight is 464 g/mol. The van der Waals surface area contributed by atoms with Gasteiger partial charge in [0, 0.05) is 23.0 Å². The van der Waals surface area contributed by atoms with E-state index in [0.717, 1.165) is 17.3 Å². The standard InChI is InChI=1S/C23H18ClN5O2S/c1-15(16-10-12-25-13-11-16)27-28-21(30)14-32-23-26-20-5-3-2-4-19(20)22(31)29(23)18-8-6-17(24)7-9-18/h2-13H,14H2,1H3,(H,28,30). The molecule has 0 bridgehead atoms. The third-order valence-corrected chi connectivity index (χ3v) is 5.80. The van der Waals surface area contributed by atoms with Crippen LogP contribution in [-0.4, -0.2) is 31.9 Å². The van der Waals surface area contributed by atoms with Gasteiger partial charge in [-0.3, -0.25) is 19.1 Å². The van der Waals surface area contributed by atoms with Crippen molar-refractivity contribution in [2.75, 3.05) is 5.75 Å². The molecule has 2 aromatic carbocycles. The largest absolute Gasteiger partial charge is 0.272 e. The maximum Gasteiger partial charge on any atom is 0.266 e. The molecule has 0 unspecified atom stereocenters. The second kappa shape index (κ2) is 9.76. The highest BCUT2D eigenvalue weighted by Gasteiger charge is 2.15. The van der Waals surface area contributed by atoms with Gasteiger partial charge in [-0.2, -0.15) is 5.10 Å². The summed E-state index contributed by atoms with van der Waals surface area (Å²) in [5.74, 6) is -0.278. The van der Waals surface area contributed by atoms with Crippen LogP contribution in [-0.2, 0) is 4.79 Å². The van der Waals surface area contributed by atoms with Crippen molar-refractivity contribution in [3.05, 3.63) is 94.0 Å². The van der Waals surface area contributed by atoms with Gasteiger partial charge in [-0.15, -0.1) is 0 Å². The summed E-state index contributed by atoms with van der Waals surface area (Å²) < 4.78 is 1.49. The first kappa shape index (κ1) is 21.7. The Morgan fingerprint density at radius 3 is 2.56 bits per heavy atom. The molecule has 7 nitrogen and oxygen atoms in total. The number of nitrogens with zero attached hydrogens (tertiary/aromatic N) is 4. The Labute approximate surface area is 193 Å². The third-order valence-electron chi connectivity index (χ3n) is 4.61. The Balaban J connectivity index is 1.59. The molecule has 0 atom stereocenters. The zero-order chi connectivity index (χ0) is 22.5. The van der Waals surface area contributed by atoms with Crippen molar-refractivity contribution in [1.82, 2.24) is 20.0 Å². The predicted molar refractivity (Wildman–Crippen MR) is 128 cm³/mol. The van der Waals surface area contributed by atoms with Crippen molar-refractivity contribution < 1.29 is 4.79 Å². The Kier molecular flexibility index (Phi) is 6.63. The molecule has 160 valence electrons. The lowest BCUT2D eigenvalue weighted by Gasteiger charge is -2.13. The van der Waals surface area contributed by atoms with Crippen LogP contribution in [0.15, 0.2) is 88.1 Å². The Bertz CT molecular complexity index is 1350. The first-order valence-corrected chi connectivity index (χ1v) is 11.0. The number of hydrogen-bond donors (Lipinski definition) is 1. The molecule has 0 aliphatic carbocycles. The van der Waals surface area contributed by atoms with Crippen LogP contribution in [0.3, 0.4) is 0 Å². The highest BCUT2D eigenvalue weighted by atomic mass is 35.5. The van der Waals surface area contributed by atoms with Gasteiger partial charge in [0.1, 0.15) is 0 Å². The quantitative estimate of drug-likeness (QED) is 0.201. The van der Waals surface area contributed by atoms with Gasteiger partial charge in [0.2, 0.25) is 0 Å². The number of fused-ring (bicyclic) bond motifs is 1. The summed E-state index contributed by atoms with van der Waals surface area (Å²) in [5.41, 5.74) is 5.04. The van der Waals surface area contributed by atoms with E-state index in [0.29, 0.717) is 32.5 Å². The number of aromatic nitrogens is 3. The Hall–Kier alpha value is -3.49. The molecule has 2 heterocycles. The summed E-state index contributed by atoms with van der Waals surface area (Å²) in [6.07, 6.45) is 3.32. The molecule has 9 heteroatoms. The minimum absolute atomic E-state index is 0.0332. The van der Waals surface area contributed by atoms with Gasteiger partial charge in [0.15, 0.2) is 5.16 Å². The molecular weight excluding hydrogens is 446 g/mol. The average Bonchev–Trinajstić information content (AvgIpc) is 2.82. The maximum absolute atomic E-state index is 13.2. The first-order valence-electron chi connectivity index (χ1n) is 9.67. The Morgan fingerprint density at radius 2 is 1.81 bits per heavy atom. The molecule has 1 amide bonds. The zero-order valence-corrected chi connectivity index (χ0v) is 18.6. The van der Waals surface area contributed by atoms with E-state index in [1.165, 1.54) is 4.57 Å². The summed E-state index contributed by atoms with van der Waals surface area (Å²) in [6.45, 7) is 1.80. The Morgan fingerprint density at radius 1 is 1.09 bits per heavy atom. The second-order valence-corrected chi connectivity index (χ2v) is 8.16. The lowest BCUT2D eigenvalue weighted by molar-refractivity contribution is -0.118. The number of nitrogens with one attached hydrogen (secondary N) is 1. The van der Waals surface area contributed by atoms with Crippen LogP contribution in [0.2, 0.25) is 5.02 Å². The van der Waals surface area contributed by atoms with Crippen LogP contribution in [0.4, 0.5) is 0 Å². The number of carbonyl (C=O) groups excluding carboxylic acids is 1. The SMILES string of the molecule is CC(=NNC(=O)CSc1nc2ccccc2c(=O)n1-c1ccc(Cl)cc1)c1ccncc1. The van der Waals surface area contributed by atoms with Crippen LogP contribution < -0.4 is 11.0 Å². The number of carbonyl (C=O) groups is 1. The maximum atomic E-state index is 13.2. The first-order chi connectivity index (χ1) is 15.5. The number of hydrogen-bond acceptors (Lipinski definition) is 6. The molecule has 2 aromatic heterocycles. The number of rotatable bonds is 6. The molecule has 1 N–H and O–H groups in total. The molecule has 0 radical (unpaired) electrons.